The third-order valence-corrected chi connectivity index (χ3v) is 9.42. The second-order valence-electron chi connectivity index (χ2n) is 11.6. The van der Waals surface area contributed by atoms with Crippen LogP contribution in [0.15, 0.2) is 82.7 Å². The van der Waals surface area contributed by atoms with Gasteiger partial charge in [-0.25, -0.2) is 9.37 Å². The van der Waals surface area contributed by atoms with Gasteiger partial charge >= 0.3 is 6.18 Å². The van der Waals surface area contributed by atoms with Crippen LogP contribution in [0.25, 0.3) is 0 Å². The first-order valence-electron chi connectivity index (χ1n) is 16.0. The van der Waals surface area contributed by atoms with Crippen LogP contribution in [-0.2, 0) is 42.7 Å². The summed E-state index contributed by atoms with van der Waals surface area (Å²) in [5.74, 6) is 0.629. The highest BCUT2D eigenvalue weighted by Gasteiger charge is 2.30. The molecule has 1 aromatic heterocycles. The molecular formula is C36H38F4N4O3S. The third kappa shape index (κ3) is 9.04. The van der Waals surface area contributed by atoms with E-state index in [0.717, 1.165) is 54.9 Å². The number of hydrogen-bond acceptors (Lipinski definition) is 6. The van der Waals surface area contributed by atoms with Gasteiger partial charge in [-0.15, -0.1) is 0 Å². The highest BCUT2D eigenvalue weighted by atomic mass is 32.2. The zero-order valence-electron chi connectivity index (χ0n) is 26.9. The van der Waals surface area contributed by atoms with Crippen molar-refractivity contribution in [2.45, 2.75) is 63.3 Å². The maximum absolute atomic E-state index is 14.0. The molecular weight excluding hydrogens is 644 g/mol. The van der Waals surface area contributed by atoms with Crippen LogP contribution in [0.5, 0.6) is 11.5 Å². The summed E-state index contributed by atoms with van der Waals surface area (Å²) in [7, 11) is 0. The summed E-state index contributed by atoms with van der Waals surface area (Å²) in [5.41, 5.74) is 2.19. The Bertz CT molecular complexity index is 1740. The molecule has 0 saturated heterocycles. The number of aryl methyl sites for hydroxylation is 1. The van der Waals surface area contributed by atoms with Crippen molar-refractivity contribution in [2.75, 3.05) is 26.2 Å². The number of carbonyl (C=O) groups excluding carboxylic acids is 1. The fraction of sp³-hybridized carbons (Fsp3) is 0.361. The molecule has 0 radical (unpaired) electrons. The molecule has 0 unspecified atom stereocenters. The summed E-state index contributed by atoms with van der Waals surface area (Å²) in [6.07, 6.45) is -2.24. The SMILES string of the molecule is CCN(CC)CCN(Cc1ccc(Oc2ccc(C(F)(F)F)cc2)cc1)C(=O)Cn1c(SCc2ccc(F)cc2)nc2c(c1=O)CCC2. The first kappa shape index (κ1) is 35.2. The molecule has 0 fully saturated rings. The van der Waals surface area contributed by atoms with Crippen molar-refractivity contribution in [1.29, 1.82) is 0 Å². The molecule has 254 valence electrons. The van der Waals surface area contributed by atoms with Gasteiger partial charge < -0.3 is 14.5 Å². The molecule has 3 aromatic carbocycles. The van der Waals surface area contributed by atoms with Gasteiger partial charge in [0.2, 0.25) is 5.91 Å². The molecule has 7 nitrogen and oxygen atoms in total. The average molecular weight is 683 g/mol. The van der Waals surface area contributed by atoms with Crippen LogP contribution in [0.1, 0.15) is 48.2 Å². The number of ether oxygens (including phenoxy) is 1. The van der Waals surface area contributed by atoms with E-state index in [1.807, 2.05) is 12.1 Å². The van der Waals surface area contributed by atoms with Crippen molar-refractivity contribution in [3.05, 3.63) is 117 Å². The van der Waals surface area contributed by atoms with E-state index in [9.17, 15) is 27.2 Å². The van der Waals surface area contributed by atoms with Crippen LogP contribution in [0.3, 0.4) is 0 Å². The number of halogens is 4. The normalized spacial score (nSPS) is 12.7. The Balaban J connectivity index is 1.33. The quantitative estimate of drug-likeness (QED) is 0.0788. The number of nitrogens with zero attached hydrogens (tertiary/aromatic N) is 4. The van der Waals surface area contributed by atoms with Gasteiger partial charge in [-0.05, 0) is 92.0 Å². The highest BCUT2D eigenvalue weighted by Crippen LogP contribution is 2.31. The van der Waals surface area contributed by atoms with Crippen LogP contribution in [0, 0.1) is 5.82 Å². The molecule has 48 heavy (non-hydrogen) atoms. The van der Waals surface area contributed by atoms with Crippen molar-refractivity contribution in [2.24, 2.45) is 0 Å². The van der Waals surface area contributed by atoms with Crippen LogP contribution in [0.4, 0.5) is 17.6 Å². The topological polar surface area (TPSA) is 67.7 Å². The summed E-state index contributed by atoms with van der Waals surface area (Å²) in [4.78, 5) is 36.4. The fourth-order valence-corrected chi connectivity index (χ4v) is 6.51. The molecule has 0 bridgehead atoms. The van der Waals surface area contributed by atoms with E-state index in [2.05, 4.69) is 18.7 Å². The number of benzene rings is 3. The molecule has 0 saturated carbocycles. The lowest BCUT2D eigenvalue weighted by Gasteiger charge is -2.27. The number of carbonyl (C=O) groups is 1. The Morgan fingerprint density at radius 1 is 0.896 bits per heavy atom. The smallest absolute Gasteiger partial charge is 0.416 e. The zero-order chi connectivity index (χ0) is 34.3. The lowest BCUT2D eigenvalue weighted by Crippen LogP contribution is -2.41. The molecule has 0 atom stereocenters. The summed E-state index contributed by atoms with van der Waals surface area (Å²) in [6.45, 7) is 6.98. The predicted molar refractivity (Wildman–Crippen MR) is 178 cm³/mol. The fourth-order valence-electron chi connectivity index (χ4n) is 5.55. The van der Waals surface area contributed by atoms with Crippen LogP contribution in [0.2, 0.25) is 0 Å². The minimum atomic E-state index is -4.43. The van der Waals surface area contributed by atoms with Gasteiger partial charge in [0.25, 0.3) is 5.56 Å². The van der Waals surface area contributed by atoms with Crippen molar-refractivity contribution in [3.63, 3.8) is 0 Å². The number of likely N-dealkylation sites (N-methyl/N-ethyl adjacent to an activating group) is 1. The molecule has 1 aliphatic carbocycles. The molecule has 4 aromatic rings. The monoisotopic (exact) mass is 682 g/mol. The largest absolute Gasteiger partial charge is 0.457 e. The number of alkyl halides is 3. The Labute approximate surface area is 281 Å². The molecule has 1 heterocycles. The Morgan fingerprint density at radius 2 is 1.52 bits per heavy atom. The number of rotatable bonds is 14. The minimum Gasteiger partial charge on any atom is -0.457 e. The van der Waals surface area contributed by atoms with Gasteiger partial charge in [0.1, 0.15) is 23.9 Å². The standard InChI is InChI=1S/C36H38F4N4O3S/c1-3-42(4-2)20-21-43(22-25-10-16-29(17-11-25)47-30-18-12-27(13-19-30)36(38,39)40)33(45)23-44-34(46)31-6-5-7-32(31)41-35(44)48-24-26-8-14-28(37)15-9-26/h8-19H,3-7,20-24H2,1-2H3. The van der Waals surface area contributed by atoms with Gasteiger partial charge in [-0.3, -0.25) is 14.2 Å². The average Bonchev–Trinajstić information content (AvgIpc) is 3.55. The van der Waals surface area contributed by atoms with E-state index in [1.54, 1.807) is 29.2 Å². The van der Waals surface area contributed by atoms with Gasteiger partial charge in [0.05, 0.1) is 11.3 Å². The van der Waals surface area contributed by atoms with Crippen molar-refractivity contribution < 1.29 is 27.1 Å². The number of aromatic nitrogens is 2. The zero-order valence-corrected chi connectivity index (χ0v) is 27.7. The molecule has 0 N–H and O–H groups in total. The van der Waals surface area contributed by atoms with Gasteiger partial charge in [0.15, 0.2) is 5.16 Å². The Hall–Kier alpha value is -4.16. The number of fused-ring (bicyclic) bond motifs is 1. The van der Waals surface area contributed by atoms with E-state index < -0.39 is 11.7 Å². The summed E-state index contributed by atoms with van der Waals surface area (Å²) >= 11 is 1.35. The summed E-state index contributed by atoms with van der Waals surface area (Å²) in [5, 5.41) is 0.465. The number of amides is 1. The maximum Gasteiger partial charge on any atom is 0.416 e. The first-order chi connectivity index (χ1) is 23.0. The van der Waals surface area contributed by atoms with E-state index in [-0.39, 0.29) is 36.1 Å². The van der Waals surface area contributed by atoms with E-state index >= 15 is 0 Å². The van der Waals surface area contributed by atoms with Crippen LogP contribution in [-0.4, -0.2) is 51.4 Å². The number of hydrogen-bond donors (Lipinski definition) is 0. The van der Waals surface area contributed by atoms with Gasteiger partial charge in [0, 0.05) is 31.0 Å². The molecule has 0 spiro atoms. The minimum absolute atomic E-state index is 0.168. The van der Waals surface area contributed by atoms with E-state index in [4.69, 9.17) is 9.72 Å². The van der Waals surface area contributed by atoms with E-state index in [1.165, 1.54) is 40.6 Å². The Morgan fingerprint density at radius 3 is 2.15 bits per heavy atom. The van der Waals surface area contributed by atoms with Crippen molar-refractivity contribution >= 4 is 17.7 Å². The highest BCUT2D eigenvalue weighted by molar-refractivity contribution is 7.98. The summed E-state index contributed by atoms with van der Waals surface area (Å²) in [6, 6.07) is 17.7. The summed E-state index contributed by atoms with van der Waals surface area (Å²) < 4.78 is 59.4. The Kier molecular flexibility index (Phi) is 11.6. The van der Waals surface area contributed by atoms with Gasteiger partial charge in [-0.2, -0.15) is 13.2 Å². The molecule has 12 heteroatoms. The van der Waals surface area contributed by atoms with E-state index in [0.29, 0.717) is 41.7 Å². The lowest BCUT2D eigenvalue weighted by atomic mass is 10.2. The molecule has 0 aliphatic heterocycles. The molecule has 1 amide bonds. The predicted octanol–water partition coefficient (Wildman–Crippen LogP) is 7.35. The lowest BCUT2D eigenvalue weighted by molar-refractivity contribution is -0.137. The maximum atomic E-state index is 14.0. The van der Waals surface area contributed by atoms with Crippen molar-refractivity contribution in [1.82, 2.24) is 19.4 Å². The second-order valence-corrected chi connectivity index (χ2v) is 12.5. The van der Waals surface area contributed by atoms with Crippen LogP contribution < -0.4 is 10.3 Å². The van der Waals surface area contributed by atoms with Crippen molar-refractivity contribution in [3.8, 4) is 11.5 Å². The van der Waals surface area contributed by atoms with Gasteiger partial charge in [-0.1, -0.05) is 49.9 Å². The molecule has 5 rings (SSSR count). The third-order valence-electron chi connectivity index (χ3n) is 8.38. The molecule has 1 aliphatic rings. The second kappa shape index (κ2) is 15.8. The number of thioether (sulfide) groups is 1. The first-order valence-corrected chi connectivity index (χ1v) is 17.0. The van der Waals surface area contributed by atoms with Crippen LogP contribution >= 0.6 is 11.8 Å².